The van der Waals surface area contributed by atoms with Crippen LogP contribution in [0.15, 0.2) is 41.9 Å². The van der Waals surface area contributed by atoms with Crippen molar-refractivity contribution >= 4 is 28.3 Å². The van der Waals surface area contributed by atoms with Gasteiger partial charge in [0.2, 0.25) is 5.95 Å². The highest BCUT2D eigenvalue weighted by Crippen LogP contribution is 2.38. The molecule has 1 atom stereocenters. The Kier molecular flexibility index (Phi) is 7.15. The average molecular weight is 496 g/mol. The number of hydrogen-bond acceptors (Lipinski definition) is 9. The number of benzene rings is 1. The molecule has 174 valence electrons. The maximum absolute atomic E-state index is 12.9. The van der Waals surface area contributed by atoms with Gasteiger partial charge < -0.3 is 9.47 Å². The van der Waals surface area contributed by atoms with Gasteiger partial charge in [0, 0.05) is 35.1 Å². The molecule has 10 nitrogen and oxygen atoms in total. The average Bonchev–Trinajstić information content (AvgIpc) is 3.48. The monoisotopic (exact) mass is 495 g/mol. The molecule has 0 aliphatic heterocycles. The van der Waals surface area contributed by atoms with E-state index < -0.39 is 11.0 Å². The lowest BCUT2D eigenvalue weighted by Crippen LogP contribution is -2.15. The number of aromatic nitrogens is 5. The normalized spacial score (nSPS) is 11.6. The van der Waals surface area contributed by atoms with Crippen molar-refractivity contribution < 1.29 is 13.7 Å². The van der Waals surface area contributed by atoms with Crippen LogP contribution < -0.4 is 14.2 Å². The van der Waals surface area contributed by atoms with E-state index in [0.717, 1.165) is 11.4 Å². The Labute approximate surface area is 202 Å². The van der Waals surface area contributed by atoms with Gasteiger partial charge in [-0.3, -0.25) is 14.3 Å². The van der Waals surface area contributed by atoms with Crippen molar-refractivity contribution in [3.8, 4) is 34.1 Å². The number of anilines is 1. The second kappa shape index (κ2) is 10.4. The minimum Gasteiger partial charge on any atom is -0.494 e. The standard InChI is InChI=1S/C22H21N7O3S2/c1-14-13-33-21(25-14)20-26-27-22(29(20)19-17(31-2)5-4-6-18(19)32-3)28-34(30)10-9-16-8-7-15(11-23)12-24-16/h4-8,12-13H,9-10H2,1-3H3,(H,27,28). The van der Waals surface area contributed by atoms with Crippen LogP contribution in [-0.4, -0.2) is 48.9 Å². The predicted octanol–water partition coefficient (Wildman–Crippen LogP) is 3.30. The molecule has 3 heterocycles. The molecule has 0 fully saturated rings. The Balaban J connectivity index is 1.67. The lowest BCUT2D eigenvalue weighted by molar-refractivity contribution is 0.391. The molecular formula is C22H21N7O3S2. The number of para-hydroxylation sites is 1. The number of nitrogens with one attached hydrogen (secondary N) is 1. The highest BCUT2D eigenvalue weighted by molar-refractivity contribution is 7.86. The highest BCUT2D eigenvalue weighted by Gasteiger charge is 2.24. The molecule has 0 aliphatic rings. The number of thiazole rings is 1. The summed E-state index contributed by atoms with van der Waals surface area (Å²) in [6.45, 7) is 1.90. The van der Waals surface area contributed by atoms with Crippen molar-refractivity contribution in [2.75, 3.05) is 24.7 Å². The van der Waals surface area contributed by atoms with Gasteiger partial charge in [-0.2, -0.15) is 5.26 Å². The summed E-state index contributed by atoms with van der Waals surface area (Å²) in [7, 11) is 1.63. The molecule has 0 saturated heterocycles. The molecule has 0 aliphatic carbocycles. The van der Waals surface area contributed by atoms with Gasteiger partial charge in [0.1, 0.15) is 34.2 Å². The number of nitrogens with zero attached hydrogens (tertiary/aromatic N) is 6. The molecule has 12 heteroatoms. The van der Waals surface area contributed by atoms with Gasteiger partial charge in [-0.1, -0.05) is 6.07 Å². The first-order valence-corrected chi connectivity index (χ1v) is 12.3. The number of rotatable bonds is 9. The molecule has 0 radical (unpaired) electrons. The Morgan fingerprint density at radius 3 is 2.53 bits per heavy atom. The third-order valence-electron chi connectivity index (χ3n) is 4.80. The fraction of sp³-hybridized carbons (Fsp3) is 0.227. The minimum absolute atomic E-state index is 0.261. The number of ether oxygens (including phenoxy) is 2. The number of methoxy groups -OCH3 is 2. The van der Waals surface area contributed by atoms with Crippen LogP contribution in [0, 0.1) is 18.3 Å². The van der Waals surface area contributed by atoms with Crippen molar-refractivity contribution in [3.05, 3.63) is 58.9 Å². The van der Waals surface area contributed by atoms with Crippen molar-refractivity contribution in [2.24, 2.45) is 0 Å². The van der Waals surface area contributed by atoms with Gasteiger partial charge in [0.05, 0.1) is 19.8 Å². The molecular weight excluding hydrogens is 474 g/mol. The van der Waals surface area contributed by atoms with Crippen molar-refractivity contribution in [1.82, 2.24) is 24.7 Å². The SMILES string of the molecule is COc1cccc(OC)c1-n1c(NS(=O)CCc2ccc(C#N)cn2)nnc1-c1nc(C)cs1. The summed E-state index contributed by atoms with van der Waals surface area (Å²) in [6.07, 6.45) is 1.95. The first-order valence-electron chi connectivity index (χ1n) is 10.1. The lowest BCUT2D eigenvalue weighted by atomic mass is 10.2. The smallest absolute Gasteiger partial charge is 0.241 e. The molecule has 0 amide bonds. The molecule has 1 aromatic carbocycles. The summed E-state index contributed by atoms with van der Waals surface area (Å²) < 4.78 is 28.7. The molecule has 1 unspecified atom stereocenters. The molecule has 34 heavy (non-hydrogen) atoms. The van der Waals surface area contributed by atoms with Crippen molar-refractivity contribution in [2.45, 2.75) is 13.3 Å². The van der Waals surface area contributed by atoms with E-state index >= 15 is 0 Å². The van der Waals surface area contributed by atoms with E-state index in [-0.39, 0.29) is 11.7 Å². The molecule has 4 aromatic rings. The van der Waals surface area contributed by atoms with Gasteiger partial charge in [-0.05, 0) is 31.2 Å². The molecule has 1 N–H and O–H groups in total. The van der Waals surface area contributed by atoms with Crippen LogP contribution in [0.25, 0.3) is 16.5 Å². The maximum atomic E-state index is 12.9. The fourth-order valence-electron chi connectivity index (χ4n) is 3.20. The van der Waals surface area contributed by atoms with Crippen LogP contribution in [0.3, 0.4) is 0 Å². The first kappa shape index (κ1) is 23.3. The van der Waals surface area contributed by atoms with Crippen molar-refractivity contribution in [1.29, 1.82) is 5.26 Å². The van der Waals surface area contributed by atoms with Crippen LogP contribution in [0.1, 0.15) is 17.0 Å². The van der Waals surface area contributed by atoms with Gasteiger partial charge in [0.15, 0.2) is 10.8 Å². The third kappa shape index (κ3) is 4.90. The predicted molar refractivity (Wildman–Crippen MR) is 130 cm³/mol. The minimum atomic E-state index is -1.49. The van der Waals surface area contributed by atoms with E-state index in [2.05, 4.69) is 24.9 Å². The lowest BCUT2D eigenvalue weighted by Gasteiger charge is -2.17. The molecule has 0 saturated carbocycles. The number of hydrogen-bond donors (Lipinski definition) is 1. The van der Waals surface area contributed by atoms with E-state index in [9.17, 15) is 4.21 Å². The van der Waals surface area contributed by atoms with E-state index in [4.69, 9.17) is 14.7 Å². The van der Waals surface area contributed by atoms with Crippen molar-refractivity contribution in [3.63, 3.8) is 0 Å². The Morgan fingerprint density at radius 1 is 1.18 bits per heavy atom. The maximum Gasteiger partial charge on any atom is 0.241 e. The largest absolute Gasteiger partial charge is 0.494 e. The molecule has 3 aromatic heterocycles. The summed E-state index contributed by atoms with van der Waals surface area (Å²) in [6, 6.07) is 10.9. The Bertz CT molecular complexity index is 1340. The molecule has 0 bridgehead atoms. The zero-order chi connectivity index (χ0) is 24.1. The van der Waals surface area contributed by atoms with Crippen LogP contribution in [0.5, 0.6) is 11.5 Å². The van der Waals surface area contributed by atoms with Crippen LogP contribution in [0.2, 0.25) is 0 Å². The zero-order valence-electron chi connectivity index (χ0n) is 18.7. The van der Waals surface area contributed by atoms with Gasteiger partial charge in [-0.15, -0.1) is 21.5 Å². The van der Waals surface area contributed by atoms with Gasteiger partial charge in [-0.25, -0.2) is 9.19 Å². The highest BCUT2D eigenvalue weighted by atomic mass is 32.2. The topological polar surface area (TPSA) is 128 Å². The van der Waals surface area contributed by atoms with Crippen LogP contribution in [-0.2, 0) is 17.4 Å². The summed E-state index contributed by atoms with van der Waals surface area (Å²) in [4.78, 5) is 8.77. The van der Waals surface area contributed by atoms with Crippen LogP contribution in [0.4, 0.5) is 5.95 Å². The van der Waals surface area contributed by atoms with Crippen LogP contribution >= 0.6 is 11.3 Å². The van der Waals surface area contributed by atoms with E-state index in [1.165, 1.54) is 17.5 Å². The first-order chi connectivity index (χ1) is 16.5. The fourth-order valence-corrected chi connectivity index (χ4v) is 4.80. The van der Waals surface area contributed by atoms with Gasteiger partial charge >= 0.3 is 0 Å². The second-order valence-corrected chi connectivity index (χ2v) is 9.20. The summed E-state index contributed by atoms with van der Waals surface area (Å²) in [5, 5.41) is 20.1. The molecule has 4 rings (SSSR count). The van der Waals surface area contributed by atoms with E-state index in [0.29, 0.717) is 40.0 Å². The number of nitriles is 1. The summed E-state index contributed by atoms with van der Waals surface area (Å²) >= 11 is 1.43. The second-order valence-electron chi connectivity index (χ2n) is 7.04. The summed E-state index contributed by atoms with van der Waals surface area (Å²) in [5.41, 5.74) is 2.64. The third-order valence-corrected chi connectivity index (χ3v) is 6.74. The van der Waals surface area contributed by atoms with Gasteiger partial charge in [0.25, 0.3) is 0 Å². The Morgan fingerprint density at radius 2 is 1.94 bits per heavy atom. The zero-order valence-corrected chi connectivity index (χ0v) is 20.3. The quantitative estimate of drug-likeness (QED) is 0.375. The van der Waals surface area contributed by atoms with E-state index in [1.54, 1.807) is 43.1 Å². The summed E-state index contributed by atoms with van der Waals surface area (Å²) in [5.74, 6) is 2.07. The Hall–Kier alpha value is -3.82. The van der Waals surface area contributed by atoms with E-state index in [1.807, 2.05) is 24.4 Å². The molecule has 0 spiro atoms. The number of pyridine rings is 1. The number of aryl methyl sites for hydroxylation is 2.